The topological polar surface area (TPSA) is 42.5 Å². The van der Waals surface area contributed by atoms with Gasteiger partial charge in [-0.15, -0.1) is 22.7 Å². The fourth-order valence-electron chi connectivity index (χ4n) is 2.47. The highest BCUT2D eigenvalue weighted by molar-refractivity contribution is 7.14. The summed E-state index contributed by atoms with van der Waals surface area (Å²) in [5, 5.41) is 9.04. The van der Waals surface area contributed by atoms with Crippen molar-refractivity contribution in [3.8, 4) is 10.6 Å². The number of nitrogens with zero attached hydrogens (tertiary/aromatic N) is 4. The number of thiophene rings is 1. The van der Waals surface area contributed by atoms with Crippen LogP contribution in [0.25, 0.3) is 10.6 Å². The van der Waals surface area contributed by atoms with Gasteiger partial charge in [-0.05, 0) is 36.6 Å². The van der Waals surface area contributed by atoms with E-state index in [-0.39, 0.29) is 0 Å². The van der Waals surface area contributed by atoms with Crippen molar-refractivity contribution >= 4 is 34.1 Å². The lowest BCUT2D eigenvalue weighted by Crippen LogP contribution is -2.13. The van der Waals surface area contributed by atoms with E-state index >= 15 is 0 Å². The lowest BCUT2D eigenvalue weighted by Gasteiger charge is -2.04. The SMILES string of the molecule is CC(=Nn1c(-c2cccs2)csc1=Nc1ccccc1)c1cccnc1. The zero-order chi connectivity index (χ0) is 17.8. The number of aromatic nitrogens is 2. The largest absolute Gasteiger partial charge is 0.264 e. The van der Waals surface area contributed by atoms with Crippen LogP contribution in [0.1, 0.15) is 12.5 Å². The summed E-state index contributed by atoms with van der Waals surface area (Å²) >= 11 is 3.28. The molecule has 0 aliphatic carbocycles. The molecule has 0 amide bonds. The van der Waals surface area contributed by atoms with Gasteiger partial charge >= 0.3 is 0 Å². The van der Waals surface area contributed by atoms with E-state index in [1.807, 2.05) is 66.3 Å². The summed E-state index contributed by atoms with van der Waals surface area (Å²) in [6.07, 6.45) is 3.59. The average molecular weight is 377 g/mol. The summed E-state index contributed by atoms with van der Waals surface area (Å²) in [4.78, 5) is 11.0. The summed E-state index contributed by atoms with van der Waals surface area (Å²) in [5.41, 5.74) is 3.84. The van der Waals surface area contributed by atoms with E-state index in [1.165, 1.54) is 4.88 Å². The highest BCUT2D eigenvalue weighted by atomic mass is 32.1. The third-order valence-corrected chi connectivity index (χ3v) is 5.48. The molecule has 3 aromatic heterocycles. The number of thiazole rings is 1. The molecule has 4 nitrogen and oxygen atoms in total. The number of pyridine rings is 1. The first-order valence-electron chi connectivity index (χ1n) is 8.11. The number of rotatable bonds is 4. The molecule has 0 spiro atoms. The Morgan fingerprint density at radius 3 is 2.62 bits per heavy atom. The van der Waals surface area contributed by atoms with Crippen LogP contribution < -0.4 is 4.80 Å². The minimum Gasteiger partial charge on any atom is -0.264 e. The van der Waals surface area contributed by atoms with Crippen LogP contribution in [0.2, 0.25) is 0 Å². The summed E-state index contributed by atoms with van der Waals surface area (Å²) in [5.74, 6) is 0. The molecule has 4 aromatic rings. The van der Waals surface area contributed by atoms with E-state index in [2.05, 4.69) is 21.8 Å². The molecule has 1 aromatic carbocycles. The molecule has 0 radical (unpaired) electrons. The smallest absolute Gasteiger partial charge is 0.211 e. The van der Waals surface area contributed by atoms with Crippen molar-refractivity contribution in [2.24, 2.45) is 10.1 Å². The zero-order valence-electron chi connectivity index (χ0n) is 14.1. The number of para-hydroxylation sites is 1. The molecule has 0 unspecified atom stereocenters. The third-order valence-electron chi connectivity index (χ3n) is 3.77. The van der Waals surface area contributed by atoms with Gasteiger partial charge in [0.05, 0.1) is 22.0 Å². The van der Waals surface area contributed by atoms with Crippen LogP contribution in [0.5, 0.6) is 0 Å². The van der Waals surface area contributed by atoms with Crippen LogP contribution in [0, 0.1) is 0 Å². The maximum absolute atomic E-state index is 4.86. The van der Waals surface area contributed by atoms with Crippen molar-refractivity contribution in [3.05, 3.63) is 88.1 Å². The Morgan fingerprint density at radius 2 is 1.88 bits per heavy atom. The first kappa shape index (κ1) is 16.6. The van der Waals surface area contributed by atoms with Crippen LogP contribution >= 0.6 is 22.7 Å². The molecule has 3 heterocycles. The molecule has 26 heavy (non-hydrogen) atoms. The normalized spacial score (nSPS) is 12.5. The highest BCUT2D eigenvalue weighted by Gasteiger charge is 2.10. The van der Waals surface area contributed by atoms with E-state index in [0.717, 1.165) is 27.5 Å². The summed E-state index contributed by atoms with van der Waals surface area (Å²) in [7, 11) is 0. The van der Waals surface area contributed by atoms with Gasteiger partial charge in [0.2, 0.25) is 4.80 Å². The predicted octanol–water partition coefficient (Wildman–Crippen LogP) is 5.18. The molecule has 0 saturated heterocycles. The lowest BCUT2D eigenvalue weighted by molar-refractivity contribution is 0.849. The average Bonchev–Trinajstić information content (AvgIpc) is 3.34. The number of hydrogen-bond donors (Lipinski definition) is 0. The minimum atomic E-state index is 0.836. The molecule has 4 rings (SSSR count). The van der Waals surface area contributed by atoms with Gasteiger partial charge in [0.1, 0.15) is 0 Å². The zero-order valence-corrected chi connectivity index (χ0v) is 15.7. The quantitative estimate of drug-likeness (QED) is 0.453. The van der Waals surface area contributed by atoms with Crippen molar-refractivity contribution < 1.29 is 0 Å². The minimum absolute atomic E-state index is 0.836. The summed E-state index contributed by atoms with van der Waals surface area (Å²) < 4.78 is 1.92. The second kappa shape index (κ2) is 7.59. The molecule has 0 aliphatic heterocycles. The highest BCUT2D eigenvalue weighted by Crippen LogP contribution is 2.25. The second-order valence-electron chi connectivity index (χ2n) is 5.57. The van der Waals surface area contributed by atoms with Gasteiger partial charge in [-0.2, -0.15) is 5.10 Å². The van der Waals surface area contributed by atoms with Gasteiger partial charge in [0.15, 0.2) is 0 Å². The fourth-order valence-corrected chi connectivity index (χ4v) is 4.11. The van der Waals surface area contributed by atoms with Gasteiger partial charge in [-0.3, -0.25) is 4.98 Å². The van der Waals surface area contributed by atoms with Gasteiger partial charge < -0.3 is 0 Å². The van der Waals surface area contributed by atoms with Gasteiger partial charge in [-0.1, -0.05) is 30.3 Å². The van der Waals surface area contributed by atoms with Crippen LogP contribution in [0.15, 0.2) is 87.8 Å². The van der Waals surface area contributed by atoms with Crippen molar-refractivity contribution in [1.82, 2.24) is 9.66 Å². The summed E-state index contributed by atoms with van der Waals surface area (Å²) in [6, 6.07) is 18.0. The van der Waals surface area contributed by atoms with Gasteiger partial charge in [0.25, 0.3) is 0 Å². The standard InChI is InChI=1S/C20H16N4S2/c1-15(16-7-5-11-21-13-16)23-24-18(19-10-6-12-25-19)14-26-20(24)22-17-8-3-2-4-9-17/h2-14H,1H3. The Balaban J connectivity index is 1.88. The van der Waals surface area contributed by atoms with E-state index in [0.29, 0.717) is 0 Å². The lowest BCUT2D eigenvalue weighted by atomic mass is 10.2. The molecule has 0 N–H and O–H groups in total. The molecule has 0 fully saturated rings. The second-order valence-corrected chi connectivity index (χ2v) is 7.35. The maximum atomic E-state index is 4.86. The fraction of sp³-hybridized carbons (Fsp3) is 0.0500. The molecule has 128 valence electrons. The van der Waals surface area contributed by atoms with Gasteiger partial charge in [0, 0.05) is 23.3 Å². The van der Waals surface area contributed by atoms with Crippen molar-refractivity contribution in [2.45, 2.75) is 6.92 Å². The molecule has 0 atom stereocenters. The Hall–Kier alpha value is -2.83. The molecule has 0 saturated carbocycles. The van der Waals surface area contributed by atoms with E-state index in [4.69, 9.17) is 10.1 Å². The molecular formula is C20H16N4S2. The molecule has 0 aliphatic rings. The van der Waals surface area contributed by atoms with E-state index in [9.17, 15) is 0 Å². The molecular weight excluding hydrogens is 360 g/mol. The number of benzene rings is 1. The van der Waals surface area contributed by atoms with Crippen LogP contribution in [0.3, 0.4) is 0 Å². The Bertz CT molecular complexity index is 1080. The Kier molecular flexibility index (Phi) is 4.86. The monoisotopic (exact) mass is 376 g/mol. The first-order valence-corrected chi connectivity index (χ1v) is 9.87. The van der Waals surface area contributed by atoms with Crippen LogP contribution in [-0.2, 0) is 0 Å². The third kappa shape index (κ3) is 3.56. The Labute approximate surface area is 159 Å². The van der Waals surface area contributed by atoms with Gasteiger partial charge in [-0.25, -0.2) is 9.67 Å². The van der Waals surface area contributed by atoms with Crippen LogP contribution in [0.4, 0.5) is 5.69 Å². The van der Waals surface area contributed by atoms with E-state index < -0.39 is 0 Å². The van der Waals surface area contributed by atoms with Crippen molar-refractivity contribution in [2.75, 3.05) is 0 Å². The van der Waals surface area contributed by atoms with Crippen LogP contribution in [-0.4, -0.2) is 15.4 Å². The van der Waals surface area contributed by atoms with Crippen molar-refractivity contribution in [3.63, 3.8) is 0 Å². The Morgan fingerprint density at radius 1 is 1.00 bits per heavy atom. The maximum Gasteiger partial charge on any atom is 0.211 e. The molecule has 0 bridgehead atoms. The first-order chi connectivity index (χ1) is 12.8. The predicted molar refractivity (Wildman–Crippen MR) is 109 cm³/mol. The number of hydrogen-bond acceptors (Lipinski definition) is 5. The summed E-state index contributed by atoms with van der Waals surface area (Å²) in [6.45, 7) is 1.99. The van der Waals surface area contributed by atoms with Crippen molar-refractivity contribution in [1.29, 1.82) is 0 Å². The molecule has 6 heteroatoms. The van der Waals surface area contributed by atoms with E-state index in [1.54, 1.807) is 28.9 Å².